The van der Waals surface area contributed by atoms with E-state index in [0.29, 0.717) is 6.04 Å². The van der Waals surface area contributed by atoms with Crippen LogP contribution in [0, 0.1) is 0 Å². The molecule has 1 heterocycles. The Morgan fingerprint density at radius 3 is 2.81 bits per heavy atom. The van der Waals surface area contributed by atoms with E-state index in [1.54, 1.807) is 0 Å². The lowest BCUT2D eigenvalue weighted by atomic mass is 10.2. The Bertz CT molecular complexity index is 245. The van der Waals surface area contributed by atoms with E-state index < -0.39 is 0 Å². The van der Waals surface area contributed by atoms with Crippen molar-refractivity contribution in [3.05, 3.63) is 0 Å². The van der Waals surface area contributed by atoms with Gasteiger partial charge in [-0.3, -0.25) is 4.99 Å². The van der Waals surface area contributed by atoms with Crippen LogP contribution in [-0.4, -0.2) is 49.6 Å². The number of guanidine groups is 1. The molecule has 1 aliphatic heterocycles. The van der Waals surface area contributed by atoms with Gasteiger partial charge in [-0.25, -0.2) is 0 Å². The second-order valence-electron chi connectivity index (χ2n) is 5.08. The minimum atomic E-state index is 0.495. The molecular formula is C12H24N4. The molecule has 2 N–H and O–H groups in total. The monoisotopic (exact) mass is 224 g/mol. The molecule has 4 nitrogen and oxygen atoms in total. The molecule has 0 aromatic rings. The van der Waals surface area contributed by atoms with Crippen molar-refractivity contribution >= 4 is 5.96 Å². The molecule has 1 atom stereocenters. The van der Waals surface area contributed by atoms with Crippen LogP contribution >= 0.6 is 0 Å². The van der Waals surface area contributed by atoms with E-state index in [1.165, 1.54) is 25.7 Å². The predicted octanol–water partition coefficient (Wildman–Crippen LogP) is 0.798. The standard InChI is InChI=1S/C12H24N4/c1-10-9-14-12(15-10)13-7-8-16(2)11-5-3-4-6-11/h10-11H,3-9H2,1-2H3,(H2,13,14,15). The number of nitrogens with one attached hydrogen (secondary N) is 2. The summed E-state index contributed by atoms with van der Waals surface area (Å²) in [5, 5.41) is 6.68. The normalized spacial score (nSPS) is 25.9. The summed E-state index contributed by atoms with van der Waals surface area (Å²) in [5.41, 5.74) is 0. The first-order valence-corrected chi connectivity index (χ1v) is 6.51. The van der Waals surface area contributed by atoms with Gasteiger partial charge in [0.15, 0.2) is 5.96 Å². The minimum absolute atomic E-state index is 0.495. The predicted molar refractivity (Wildman–Crippen MR) is 67.8 cm³/mol. The summed E-state index contributed by atoms with van der Waals surface area (Å²) < 4.78 is 0. The molecule has 0 aromatic carbocycles. The molecule has 0 amide bonds. The first-order chi connectivity index (χ1) is 7.75. The number of nitrogens with zero attached hydrogens (tertiary/aromatic N) is 2. The molecule has 2 rings (SSSR count). The molecule has 1 saturated carbocycles. The van der Waals surface area contributed by atoms with E-state index in [9.17, 15) is 0 Å². The van der Waals surface area contributed by atoms with E-state index >= 15 is 0 Å². The van der Waals surface area contributed by atoms with E-state index in [1.807, 2.05) is 0 Å². The lowest BCUT2D eigenvalue weighted by molar-refractivity contribution is 0.249. The van der Waals surface area contributed by atoms with Crippen molar-refractivity contribution in [1.29, 1.82) is 0 Å². The van der Waals surface area contributed by atoms with Gasteiger partial charge < -0.3 is 15.5 Å². The van der Waals surface area contributed by atoms with Crippen LogP contribution in [0.25, 0.3) is 0 Å². The summed E-state index contributed by atoms with van der Waals surface area (Å²) in [7, 11) is 2.24. The van der Waals surface area contributed by atoms with Crippen LogP contribution in [0.15, 0.2) is 4.99 Å². The Hall–Kier alpha value is -0.770. The molecule has 0 radical (unpaired) electrons. The van der Waals surface area contributed by atoms with Gasteiger partial charge in [-0.15, -0.1) is 0 Å². The molecule has 0 spiro atoms. The zero-order valence-corrected chi connectivity index (χ0v) is 10.5. The third-order valence-electron chi connectivity index (χ3n) is 3.61. The molecule has 0 saturated heterocycles. The second-order valence-corrected chi connectivity index (χ2v) is 5.08. The van der Waals surface area contributed by atoms with Crippen molar-refractivity contribution < 1.29 is 0 Å². The molecule has 1 fully saturated rings. The summed E-state index contributed by atoms with van der Waals surface area (Å²) in [6, 6.07) is 1.31. The third kappa shape index (κ3) is 3.11. The van der Waals surface area contributed by atoms with Crippen LogP contribution in [0.5, 0.6) is 0 Å². The number of rotatable bonds is 4. The highest BCUT2D eigenvalue weighted by molar-refractivity contribution is 5.81. The quantitative estimate of drug-likeness (QED) is 0.742. The fourth-order valence-electron chi connectivity index (χ4n) is 2.54. The fraction of sp³-hybridized carbons (Fsp3) is 0.917. The van der Waals surface area contributed by atoms with Crippen LogP contribution in [0.3, 0.4) is 0 Å². The van der Waals surface area contributed by atoms with Crippen molar-refractivity contribution in [2.75, 3.05) is 26.7 Å². The van der Waals surface area contributed by atoms with E-state index in [0.717, 1.165) is 31.6 Å². The van der Waals surface area contributed by atoms with Gasteiger partial charge in [0.1, 0.15) is 0 Å². The maximum Gasteiger partial charge on any atom is 0.191 e. The van der Waals surface area contributed by atoms with E-state index in [2.05, 4.69) is 34.5 Å². The molecule has 1 aliphatic carbocycles. The second kappa shape index (κ2) is 5.53. The smallest absolute Gasteiger partial charge is 0.191 e. The van der Waals surface area contributed by atoms with Gasteiger partial charge >= 0.3 is 0 Å². The summed E-state index contributed by atoms with van der Waals surface area (Å²) in [6.45, 7) is 5.16. The van der Waals surface area contributed by atoms with Gasteiger partial charge in [0.25, 0.3) is 0 Å². The Morgan fingerprint density at radius 2 is 2.19 bits per heavy atom. The highest BCUT2D eigenvalue weighted by Gasteiger charge is 2.19. The fourth-order valence-corrected chi connectivity index (χ4v) is 2.54. The van der Waals surface area contributed by atoms with Gasteiger partial charge in [0.2, 0.25) is 0 Å². The number of likely N-dealkylation sites (N-methyl/N-ethyl adjacent to an activating group) is 1. The summed E-state index contributed by atoms with van der Waals surface area (Å²) in [4.78, 5) is 6.87. The summed E-state index contributed by atoms with van der Waals surface area (Å²) >= 11 is 0. The molecule has 0 bridgehead atoms. The van der Waals surface area contributed by atoms with Gasteiger partial charge in [-0.2, -0.15) is 0 Å². The first-order valence-electron chi connectivity index (χ1n) is 6.51. The van der Waals surface area contributed by atoms with Crippen molar-refractivity contribution in [1.82, 2.24) is 15.5 Å². The maximum absolute atomic E-state index is 4.39. The van der Waals surface area contributed by atoms with Gasteiger partial charge in [-0.1, -0.05) is 12.8 Å². The van der Waals surface area contributed by atoms with Crippen molar-refractivity contribution in [3.8, 4) is 0 Å². The highest BCUT2D eigenvalue weighted by atomic mass is 15.2. The molecule has 2 aliphatic rings. The Morgan fingerprint density at radius 1 is 1.44 bits per heavy atom. The lowest BCUT2D eigenvalue weighted by Gasteiger charge is -2.24. The number of aliphatic imine (C=N–C) groups is 1. The van der Waals surface area contributed by atoms with Gasteiger partial charge in [-0.05, 0) is 26.8 Å². The SMILES string of the molecule is CC1CN=C(NCCN(C)C2CCCC2)N1. The molecule has 1 unspecified atom stereocenters. The third-order valence-corrected chi connectivity index (χ3v) is 3.61. The van der Waals surface area contributed by atoms with Crippen LogP contribution in [0.2, 0.25) is 0 Å². The van der Waals surface area contributed by atoms with Crippen molar-refractivity contribution in [3.63, 3.8) is 0 Å². The van der Waals surface area contributed by atoms with E-state index in [4.69, 9.17) is 0 Å². The van der Waals surface area contributed by atoms with Crippen LogP contribution in [-0.2, 0) is 0 Å². The average Bonchev–Trinajstić information content (AvgIpc) is 2.89. The topological polar surface area (TPSA) is 39.7 Å². The largest absolute Gasteiger partial charge is 0.355 e. The van der Waals surface area contributed by atoms with Gasteiger partial charge in [0, 0.05) is 25.2 Å². The average molecular weight is 224 g/mol. The molecule has 0 aromatic heterocycles. The van der Waals surface area contributed by atoms with Crippen LogP contribution in [0.1, 0.15) is 32.6 Å². The summed E-state index contributed by atoms with van der Waals surface area (Å²) in [5.74, 6) is 0.979. The Labute approximate surface area is 98.5 Å². The Balaban J connectivity index is 1.60. The molecular weight excluding hydrogens is 200 g/mol. The number of hydrogen-bond acceptors (Lipinski definition) is 4. The molecule has 4 heteroatoms. The van der Waals surface area contributed by atoms with Crippen LogP contribution < -0.4 is 10.6 Å². The zero-order valence-electron chi connectivity index (χ0n) is 10.5. The van der Waals surface area contributed by atoms with Gasteiger partial charge in [0.05, 0.1) is 6.54 Å². The van der Waals surface area contributed by atoms with E-state index in [-0.39, 0.29) is 0 Å². The van der Waals surface area contributed by atoms with Crippen molar-refractivity contribution in [2.45, 2.75) is 44.7 Å². The first kappa shape index (κ1) is 11.7. The molecule has 16 heavy (non-hydrogen) atoms. The lowest BCUT2D eigenvalue weighted by Crippen LogP contribution is -2.42. The summed E-state index contributed by atoms with van der Waals surface area (Å²) in [6.07, 6.45) is 5.59. The Kier molecular flexibility index (Phi) is 4.04. The van der Waals surface area contributed by atoms with Crippen molar-refractivity contribution in [2.24, 2.45) is 4.99 Å². The highest BCUT2D eigenvalue weighted by Crippen LogP contribution is 2.21. The molecule has 92 valence electrons. The minimum Gasteiger partial charge on any atom is -0.355 e. The number of hydrogen-bond donors (Lipinski definition) is 2. The zero-order chi connectivity index (χ0) is 11.4. The van der Waals surface area contributed by atoms with Crippen LogP contribution in [0.4, 0.5) is 0 Å². The maximum atomic E-state index is 4.39.